The number of carboxylic acids is 1. The molecular weight excluding hydrogens is 216 g/mol. The molecule has 2 rings (SSSR count). The monoisotopic (exact) mass is 236 g/mol. The molecule has 1 atom stereocenters. The van der Waals surface area contributed by atoms with Crippen molar-refractivity contribution in [3.63, 3.8) is 0 Å². The molecule has 1 aliphatic carbocycles. The predicted octanol–water partition coefficient (Wildman–Crippen LogP) is 2.01. The Morgan fingerprint density at radius 1 is 1.65 bits per heavy atom. The highest BCUT2D eigenvalue weighted by molar-refractivity contribution is 5.73. The fourth-order valence-electron chi connectivity index (χ4n) is 2.01. The van der Waals surface area contributed by atoms with Gasteiger partial charge in [0.2, 0.25) is 0 Å². The SMILES string of the molecule is CC(C)(Cn1ccc(C(N)C2CC2)c1)C(=O)O. The molecule has 1 saturated carbocycles. The second-order valence-electron chi connectivity index (χ2n) is 5.67. The molecule has 0 bridgehead atoms. The molecule has 1 unspecified atom stereocenters. The normalized spacial score (nSPS) is 18.1. The van der Waals surface area contributed by atoms with Crippen molar-refractivity contribution >= 4 is 5.97 Å². The molecule has 1 heterocycles. The van der Waals surface area contributed by atoms with Gasteiger partial charge in [-0.25, -0.2) is 0 Å². The van der Waals surface area contributed by atoms with E-state index in [1.165, 1.54) is 12.8 Å². The molecule has 1 aromatic heterocycles. The van der Waals surface area contributed by atoms with Gasteiger partial charge in [0.25, 0.3) is 0 Å². The van der Waals surface area contributed by atoms with E-state index in [0.29, 0.717) is 12.5 Å². The van der Waals surface area contributed by atoms with Crippen LogP contribution in [0.1, 0.15) is 38.3 Å². The number of hydrogen-bond acceptors (Lipinski definition) is 2. The molecule has 1 aromatic rings. The van der Waals surface area contributed by atoms with Crippen molar-refractivity contribution in [2.45, 2.75) is 39.3 Å². The minimum atomic E-state index is -0.778. The molecule has 94 valence electrons. The van der Waals surface area contributed by atoms with E-state index >= 15 is 0 Å². The summed E-state index contributed by atoms with van der Waals surface area (Å²) in [5.41, 5.74) is 6.48. The van der Waals surface area contributed by atoms with Crippen molar-refractivity contribution in [2.75, 3.05) is 0 Å². The highest BCUT2D eigenvalue weighted by atomic mass is 16.4. The zero-order valence-electron chi connectivity index (χ0n) is 10.4. The molecule has 0 spiro atoms. The Labute approximate surface area is 101 Å². The first kappa shape index (κ1) is 12.2. The van der Waals surface area contributed by atoms with E-state index in [-0.39, 0.29) is 6.04 Å². The van der Waals surface area contributed by atoms with E-state index < -0.39 is 11.4 Å². The predicted molar refractivity (Wildman–Crippen MR) is 65.5 cm³/mol. The summed E-state index contributed by atoms with van der Waals surface area (Å²) in [5, 5.41) is 9.08. The van der Waals surface area contributed by atoms with Gasteiger partial charge in [-0.3, -0.25) is 4.79 Å². The van der Waals surface area contributed by atoms with E-state index in [2.05, 4.69) is 0 Å². The van der Waals surface area contributed by atoms with Crippen molar-refractivity contribution in [3.8, 4) is 0 Å². The Bertz CT molecular complexity index is 419. The molecule has 3 N–H and O–H groups in total. The molecule has 0 aliphatic heterocycles. The number of hydrogen-bond donors (Lipinski definition) is 2. The van der Waals surface area contributed by atoms with Crippen LogP contribution in [0.2, 0.25) is 0 Å². The summed E-state index contributed by atoms with van der Waals surface area (Å²) in [6, 6.07) is 2.12. The van der Waals surface area contributed by atoms with Crippen LogP contribution in [0.25, 0.3) is 0 Å². The number of aromatic nitrogens is 1. The first-order valence-corrected chi connectivity index (χ1v) is 6.05. The van der Waals surface area contributed by atoms with E-state index in [9.17, 15) is 4.79 Å². The van der Waals surface area contributed by atoms with Crippen molar-refractivity contribution in [1.82, 2.24) is 4.57 Å². The fraction of sp³-hybridized carbons (Fsp3) is 0.615. The van der Waals surface area contributed by atoms with Gasteiger partial charge < -0.3 is 15.4 Å². The molecule has 0 radical (unpaired) electrons. The highest BCUT2D eigenvalue weighted by Gasteiger charge is 2.31. The summed E-state index contributed by atoms with van der Waals surface area (Å²) in [5.74, 6) is -0.155. The van der Waals surface area contributed by atoms with Crippen LogP contribution in [0, 0.1) is 11.3 Å². The standard InChI is InChI=1S/C13H20N2O2/c1-13(2,12(16)17)8-15-6-5-10(7-15)11(14)9-3-4-9/h5-7,9,11H,3-4,8,14H2,1-2H3,(H,16,17). The van der Waals surface area contributed by atoms with Gasteiger partial charge in [-0.2, -0.15) is 0 Å². The minimum Gasteiger partial charge on any atom is -0.481 e. The van der Waals surface area contributed by atoms with Crippen LogP contribution in [0.15, 0.2) is 18.5 Å². The van der Waals surface area contributed by atoms with E-state index in [1.54, 1.807) is 13.8 Å². The van der Waals surface area contributed by atoms with Gasteiger partial charge in [-0.05, 0) is 44.2 Å². The third kappa shape index (κ3) is 2.69. The number of rotatable bonds is 5. The van der Waals surface area contributed by atoms with Crippen molar-refractivity contribution < 1.29 is 9.90 Å². The Morgan fingerprint density at radius 3 is 2.82 bits per heavy atom. The largest absolute Gasteiger partial charge is 0.481 e. The number of nitrogens with two attached hydrogens (primary N) is 1. The molecule has 0 aromatic carbocycles. The Kier molecular flexibility index (Phi) is 3.00. The van der Waals surface area contributed by atoms with Crippen molar-refractivity contribution in [1.29, 1.82) is 0 Å². The van der Waals surface area contributed by atoms with Gasteiger partial charge in [0.1, 0.15) is 0 Å². The van der Waals surface area contributed by atoms with Gasteiger partial charge in [-0.1, -0.05) is 0 Å². The van der Waals surface area contributed by atoms with Crippen molar-refractivity contribution in [3.05, 3.63) is 24.0 Å². The van der Waals surface area contributed by atoms with Crippen LogP contribution in [0.5, 0.6) is 0 Å². The van der Waals surface area contributed by atoms with E-state index in [4.69, 9.17) is 10.8 Å². The Morgan fingerprint density at radius 2 is 2.29 bits per heavy atom. The average Bonchev–Trinajstić information content (AvgIpc) is 2.98. The maximum absolute atomic E-state index is 11.0. The minimum absolute atomic E-state index is 0.115. The zero-order valence-corrected chi connectivity index (χ0v) is 10.4. The molecule has 4 heteroatoms. The maximum atomic E-state index is 11.0. The van der Waals surface area contributed by atoms with Gasteiger partial charge in [0, 0.05) is 25.0 Å². The third-order valence-electron chi connectivity index (χ3n) is 3.44. The summed E-state index contributed by atoms with van der Waals surface area (Å²) < 4.78 is 1.92. The molecule has 0 amide bonds. The molecule has 0 saturated heterocycles. The Hall–Kier alpha value is -1.29. The maximum Gasteiger partial charge on any atom is 0.310 e. The summed E-state index contributed by atoms with van der Waals surface area (Å²) in [7, 11) is 0. The summed E-state index contributed by atoms with van der Waals surface area (Å²) in [4.78, 5) is 11.0. The molecule has 4 nitrogen and oxygen atoms in total. The molecule has 1 fully saturated rings. The van der Waals surface area contributed by atoms with Gasteiger partial charge in [0.15, 0.2) is 0 Å². The number of aliphatic carboxylic acids is 1. The summed E-state index contributed by atoms with van der Waals surface area (Å²) >= 11 is 0. The van der Waals surface area contributed by atoms with Crippen LogP contribution in [-0.2, 0) is 11.3 Å². The highest BCUT2D eigenvalue weighted by Crippen LogP contribution is 2.39. The molecular formula is C13H20N2O2. The van der Waals surface area contributed by atoms with E-state index in [1.807, 2.05) is 23.0 Å². The molecule has 1 aliphatic rings. The van der Waals surface area contributed by atoms with Crippen LogP contribution in [0.3, 0.4) is 0 Å². The first-order valence-electron chi connectivity index (χ1n) is 6.05. The Balaban J connectivity index is 2.05. The topological polar surface area (TPSA) is 68.2 Å². The van der Waals surface area contributed by atoms with Crippen LogP contribution < -0.4 is 5.73 Å². The van der Waals surface area contributed by atoms with Gasteiger partial charge in [0.05, 0.1) is 5.41 Å². The van der Waals surface area contributed by atoms with Crippen LogP contribution >= 0.6 is 0 Å². The lowest BCUT2D eigenvalue weighted by Crippen LogP contribution is -2.28. The average molecular weight is 236 g/mol. The van der Waals surface area contributed by atoms with Crippen LogP contribution in [0.4, 0.5) is 0 Å². The second-order valence-corrected chi connectivity index (χ2v) is 5.67. The smallest absolute Gasteiger partial charge is 0.310 e. The lowest BCUT2D eigenvalue weighted by Gasteiger charge is -2.19. The number of nitrogens with zero attached hydrogens (tertiary/aromatic N) is 1. The number of carbonyl (C=O) groups is 1. The van der Waals surface area contributed by atoms with Crippen LogP contribution in [-0.4, -0.2) is 15.6 Å². The fourth-order valence-corrected chi connectivity index (χ4v) is 2.01. The lowest BCUT2D eigenvalue weighted by atomic mass is 9.94. The van der Waals surface area contributed by atoms with Gasteiger partial charge in [-0.15, -0.1) is 0 Å². The summed E-state index contributed by atoms with van der Waals surface area (Å²) in [6.07, 6.45) is 6.33. The zero-order chi connectivity index (χ0) is 12.6. The number of carboxylic acid groups (broad SMARTS) is 1. The second kappa shape index (κ2) is 4.18. The van der Waals surface area contributed by atoms with Gasteiger partial charge >= 0.3 is 5.97 Å². The first-order chi connectivity index (χ1) is 7.90. The van der Waals surface area contributed by atoms with E-state index in [0.717, 1.165) is 5.56 Å². The quantitative estimate of drug-likeness (QED) is 0.821. The third-order valence-corrected chi connectivity index (χ3v) is 3.44. The summed E-state index contributed by atoms with van der Waals surface area (Å²) in [6.45, 7) is 3.94. The lowest BCUT2D eigenvalue weighted by molar-refractivity contribution is -0.147. The van der Waals surface area contributed by atoms with Crippen molar-refractivity contribution in [2.24, 2.45) is 17.1 Å². The molecule has 17 heavy (non-hydrogen) atoms.